The van der Waals surface area contributed by atoms with Crippen molar-refractivity contribution in [3.8, 4) is 11.8 Å². The zero-order chi connectivity index (χ0) is 20.8. The third-order valence-corrected chi connectivity index (χ3v) is 4.86. The largest absolute Gasteiger partial charge is 0.396 e. The molecule has 2 aromatic carbocycles. The van der Waals surface area contributed by atoms with Crippen LogP contribution in [0.4, 0.5) is 0 Å². The fourth-order valence-corrected chi connectivity index (χ4v) is 3.18. The summed E-state index contributed by atoms with van der Waals surface area (Å²) in [7, 11) is 0. The molecule has 1 aromatic heterocycles. The number of aliphatic hydroxyl groups excluding tert-OH is 1. The molecular weight excluding hydrogens is 388 g/mol. The second-order valence-electron chi connectivity index (χ2n) is 6.67. The number of hydrogen-bond donors (Lipinski definition) is 2. The molecule has 0 radical (unpaired) electrons. The second kappa shape index (κ2) is 9.37. The van der Waals surface area contributed by atoms with Crippen LogP contribution in [0, 0.1) is 18.3 Å². The van der Waals surface area contributed by atoms with Crippen LogP contribution in [-0.4, -0.2) is 33.9 Å². The van der Waals surface area contributed by atoms with E-state index in [9.17, 15) is 4.79 Å². The lowest BCUT2D eigenvalue weighted by Crippen LogP contribution is -2.25. The third-order valence-electron chi connectivity index (χ3n) is 4.54. The first-order chi connectivity index (χ1) is 14.0. The van der Waals surface area contributed by atoms with Crippen LogP contribution in [0.1, 0.15) is 39.2 Å². The van der Waals surface area contributed by atoms with Crippen LogP contribution in [0.15, 0.2) is 48.7 Å². The second-order valence-corrected chi connectivity index (χ2v) is 7.08. The van der Waals surface area contributed by atoms with E-state index in [-0.39, 0.29) is 12.5 Å². The molecule has 1 amide bonds. The minimum atomic E-state index is -0.153. The minimum absolute atomic E-state index is 0.0496. The Morgan fingerprint density at radius 2 is 2.14 bits per heavy atom. The van der Waals surface area contributed by atoms with Crippen molar-refractivity contribution in [1.29, 1.82) is 5.26 Å². The van der Waals surface area contributed by atoms with Crippen LogP contribution >= 0.6 is 11.6 Å². The molecule has 3 aromatic rings. The van der Waals surface area contributed by atoms with Crippen molar-refractivity contribution >= 4 is 17.5 Å². The number of nitrogens with zero attached hydrogens (tertiary/aromatic N) is 3. The molecule has 29 heavy (non-hydrogen) atoms. The molecule has 0 fully saturated rings. The summed E-state index contributed by atoms with van der Waals surface area (Å²) < 4.78 is 1.74. The zero-order valence-corrected chi connectivity index (χ0v) is 16.8. The lowest BCUT2D eigenvalue weighted by Gasteiger charge is -2.06. The Morgan fingerprint density at radius 1 is 1.31 bits per heavy atom. The number of aromatic nitrogens is 2. The van der Waals surface area contributed by atoms with E-state index < -0.39 is 0 Å². The van der Waals surface area contributed by atoms with Crippen LogP contribution < -0.4 is 5.32 Å². The SMILES string of the molecule is Cc1nn(-c2ccc(C#N)c(Cl)c2)cc1Cc1cccc(C(=O)NCCCO)c1. The number of rotatable bonds is 7. The van der Waals surface area contributed by atoms with Crippen LogP contribution in [0.25, 0.3) is 5.69 Å². The van der Waals surface area contributed by atoms with Gasteiger partial charge in [-0.2, -0.15) is 10.4 Å². The molecule has 0 saturated heterocycles. The van der Waals surface area contributed by atoms with E-state index in [2.05, 4.69) is 10.4 Å². The molecule has 0 aliphatic heterocycles. The zero-order valence-electron chi connectivity index (χ0n) is 16.0. The number of aryl methyl sites for hydroxylation is 1. The summed E-state index contributed by atoms with van der Waals surface area (Å²) >= 11 is 6.13. The quantitative estimate of drug-likeness (QED) is 0.586. The maximum absolute atomic E-state index is 12.2. The number of aliphatic hydroxyl groups is 1. The number of benzene rings is 2. The van der Waals surface area contributed by atoms with Gasteiger partial charge in [-0.05, 0) is 54.8 Å². The summed E-state index contributed by atoms with van der Waals surface area (Å²) in [6.45, 7) is 2.43. The van der Waals surface area contributed by atoms with Gasteiger partial charge in [0.25, 0.3) is 5.91 Å². The van der Waals surface area contributed by atoms with Crippen molar-refractivity contribution < 1.29 is 9.90 Å². The molecule has 0 spiro atoms. The molecule has 148 valence electrons. The summed E-state index contributed by atoms with van der Waals surface area (Å²) in [4.78, 5) is 12.2. The Kier molecular flexibility index (Phi) is 6.65. The van der Waals surface area contributed by atoms with Gasteiger partial charge in [-0.1, -0.05) is 23.7 Å². The van der Waals surface area contributed by atoms with E-state index in [1.165, 1.54) is 0 Å². The van der Waals surface area contributed by atoms with E-state index in [1.807, 2.05) is 37.4 Å². The average molecular weight is 409 g/mol. The molecule has 0 bridgehead atoms. The standard InChI is InChI=1S/C22H21ClN4O2/c1-15-19(14-27(26-15)20-7-6-18(13-24)21(23)12-20)11-16-4-2-5-17(10-16)22(29)25-8-3-9-28/h2,4-7,10,12,14,28H,3,8-9,11H2,1H3,(H,25,29). The Balaban J connectivity index is 1.78. The first kappa shape index (κ1) is 20.6. The summed E-state index contributed by atoms with van der Waals surface area (Å²) in [5.41, 5.74) is 4.70. The van der Waals surface area contributed by atoms with Crippen LogP contribution in [0.2, 0.25) is 5.02 Å². The molecule has 0 atom stereocenters. The normalized spacial score (nSPS) is 10.6. The Labute approximate surface area is 174 Å². The molecule has 0 unspecified atom stereocenters. The Bertz CT molecular complexity index is 1070. The number of hydrogen-bond acceptors (Lipinski definition) is 4. The van der Waals surface area contributed by atoms with Gasteiger partial charge in [0.1, 0.15) is 6.07 Å². The van der Waals surface area contributed by atoms with Gasteiger partial charge in [0, 0.05) is 31.3 Å². The number of carbonyl (C=O) groups excluding carboxylic acids is 1. The Morgan fingerprint density at radius 3 is 2.86 bits per heavy atom. The lowest BCUT2D eigenvalue weighted by molar-refractivity contribution is 0.0951. The van der Waals surface area contributed by atoms with Crippen molar-refractivity contribution in [1.82, 2.24) is 15.1 Å². The summed E-state index contributed by atoms with van der Waals surface area (Å²) in [5.74, 6) is -0.153. The first-order valence-corrected chi connectivity index (χ1v) is 9.63. The van der Waals surface area contributed by atoms with Gasteiger partial charge in [0.05, 0.1) is 22.0 Å². The van der Waals surface area contributed by atoms with Gasteiger partial charge < -0.3 is 10.4 Å². The van der Waals surface area contributed by atoms with E-state index in [0.717, 1.165) is 22.5 Å². The molecule has 7 heteroatoms. The van der Waals surface area contributed by atoms with Gasteiger partial charge in [-0.3, -0.25) is 4.79 Å². The highest BCUT2D eigenvalue weighted by Gasteiger charge is 2.11. The monoisotopic (exact) mass is 408 g/mol. The van der Waals surface area contributed by atoms with Crippen LogP contribution in [-0.2, 0) is 6.42 Å². The van der Waals surface area contributed by atoms with E-state index in [1.54, 1.807) is 28.9 Å². The van der Waals surface area contributed by atoms with Gasteiger partial charge in [-0.15, -0.1) is 0 Å². The summed E-state index contributed by atoms with van der Waals surface area (Å²) in [5, 5.41) is 25.6. The molecule has 1 heterocycles. The summed E-state index contributed by atoms with van der Waals surface area (Å²) in [6, 6.07) is 14.7. The number of nitriles is 1. The highest BCUT2D eigenvalue weighted by molar-refractivity contribution is 6.31. The van der Waals surface area contributed by atoms with Gasteiger partial charge >= 0.3 is 0 Å². The number of carbonyl (C=O) groups is 1. The lowest BCUT2D eigenvalue weighted by atomic mass is 10.0. The number of amides is 1. The molecule has 0 saturated carbocycles. The predicted octanol–water partition coefficient (Wildman–Crippen LogP) is 3.41. The molecule has 0 aliphatic rings. The smallest absolute Gasteiger partial charge is 0.251 e. The molecule has 6 nitrogen and oxygen atoms in total. The van der Waals surface area contributed by atoms with Crippen molar-refractivity contribution in [2.45, 2.75) is 19.8 Å². The van der Waals surface area contributed by atoms with E-state index in [0.29, 0.717) is 35.5 Å². The van der Waals surface area contributed by atoms with Gasteiger partial charge in [0.15, 0.2) is 0 Å². The van der Waals surface area contributed by atoms with Crippen LogP contribution in [0.5, 0.6) is 0 Å². The Hall–Kier alpha value is -3.14. The highest BCUT2D eigenvalue weighted by atomic mass is 35.5. The van der Waals surface area contributed by atoms with E-state index in [4.69, 9.17) is 22.0 Å². The summed E-state index contributed by atoms with van der Waals surface area (Å²) in [6.07, 6.45) is 3.10. The predicted molar refractivity (Wildman–Crippen MR) is 111 cm³/mol. The van der Waals surface area contributed by atoms with E-state index >= 15 is 0 Å². The molecule has 0 aliphatic carbocycles. The number of halogens is 1. The third kappa shape index (κ3) is 5.02. The maximum atomic E-state index is 12.2. The molecular formula is C22H21ClN4O2. The highest BCUT2D eigenvalue weighted by Crippen LogP contribution is 2.21. The minimum Gasteiger partial charge on any atom is -0.396 e. The van der Waals surface area contributed by atoms with Crippen molar-refractivity contribution in [2.75, 3.05) is 13.2 Å². The van der Waals surface area contributed by atoms with Crippen molar-refractivity contribution in [3.05, 3.63) is 81.6 Å². The number of nitrogens with one attached hydrogen (secondary N) is 1. The topological polar surface area (TPSA) is 90.9 Å². The fraction of sp³-hybridized carbons (Fsp3) is 0.227. The molecule has 3 rings (SSSR count). The molecule has 2 N–H and O–H groups in total. The van der Waals surface area contributed by atoms with Gasteiger partial charge in [-0.25, -0.2) is 4.68 Å². The average Bonchev–Trinajstić information content (AvgIpc) is 3.08. The first-order valence-electron chi connectivity index (χ1n) is 9.25. The van der Waals surface area contributed by atoms with Crippen molar-refractivity contribution in [2.24, 2.45) is 0 Å². The van der Waals surface area contributed by atoms with Crippen LogP contribution in [0.3, 0.4) is 0 Å². The fourth-order valence-electron chi connectivity index (χ4n) is 2.96. The maximum Gasteiger partial charge on any atom is 0.251 e. The van der Waals surface area contributed by atoms with Crippen molar-refractivity contribution in [3.63, 3.8) is 0 Å². The van der Waals surface area contributed by atoms with Gasteiger partial charge in [0.2, 0.25) is 0 Å².